The Kier molecular flexibility index (Phi) is 6.73. The van der Waals surface area contributed by atoms with Gasteiger partial charge in [-0.2, -0.15) is 5.26 Å². The Morgan fingerprint density at radius 2 is 2.03 bits per heavy atom. The number of halogens is 2. The number of nitrogens with two attached hydrogens (primary N) is 1. The topological polar surface area (TPSA) is 95.9 Å². The van der Waals surface area contributed by atoms with Gasteiger partial charge >= 0.3 is 0 Å². The van der Waals surface area contributed by atoms with Gasteiger partial charge in [-0.3, -0.25) is 9.69 Å². The molecule has 0 bridgehead atoms. The molecule has 0 radical (unpaired) electrons. The zero-order chi connectivity index (χ0) is 24.5. The largest absolute Gasteiger partial charge is 0.384 e. The lowest BCUT2D eigenvalue weighted by Crippen LogP contribution is -2.38. The minimum absolute atomic E-state index is 0.0369. The number of aromatic nitrogens is 2. The average Bonchev–Trinajstić information content (AvgIpc) is 3.33. The summed E-state index contributed by atoms with van der Waals surface area (Å²) in [6.45, 7) is 0. The fourth-order valence-corrected chi connectivity index (χ4v) is 6.63. The van der Waals surface area contributed by atoms with E-state index in [1.807, 2.05) is 18.2 Å². The predicted octanol–water partition coefficient (Wildman–Crippen LogP) is 6.04. The van der Waals surface area contributed by atoms with E-state index in [0.717, 1.165) is 15.8 Å². The van der Waals surface area contributed by atoms with Crippen molar-refractivity contribution in [2.75, 3.05) is 4.90 Å². The van der Waals surface area contributed by atoms with Crippen molar-refractivity contribution in [2.24, 2.45) is 5.73 Å². The van der Waals surface area contributed by atoms with Crippen molar-refractivity contribution < 1.29 is 9.18 Å². The zero-order valence-electron chi connectivity index (χ0n) is 18.4. The van der Waals surface area contributed by atoms with Gasteiger partial charge in [0.15, 0.2) is 10.1 Å². The van der Waals surface area contributed by atoms with Crippen molar-refractivity contribution in [1.82, 2.24) is 10.2 Å². The number of thioether (sulfide) groups is 1. The molecule has 10 heteroatoms. The molecule has 0 amide bonds. The van der Waals surface area contributed by atoms with Gasteiger partial charge in [0.25, 0.3) is 0 Å². The van der Waals surface area contributed by atoms with E-state index in [1.165, 1.54) is 23.0 Å². The zero-order valence-corrected chi connectivity index (χ0v) is 21.6. The second-order valence-electron chi connectivity index (χ2n) is 8.11. The summed E-state index contributed by atoms with van der Waals surface area (Å²) in [7, 11) is 0. The van der Waals surface area contributed by atoms with Crippen molar-refractivity contribution in [2.45, 2.75) is 35.3 Å². The third-order valence-electron chi connectivity index (χ3n) is 5.98. The predicted molar refractivity (Wildman–Crippen MR) is 138 cm³/mol. The third kappa shape index (κ3) is 4.51. The van der Waals surface area contributed by atoms with Crippen LogP contribution in [0.3, 0.4) is 0 Å². The molecule has 2 aliphatic rings. The molecule has 6 nitrogen and oxygen atoms in total. The van der Waals surface area contributed by atoms with Crippen molar-refractivity contribution in [3.63, 3.8) is 0 Å². The normalized spacial score (nSPS) is 18.0. The van der Waals surface area contributed by atoms with Gasteiger partial charge in [-0.05, 0) is 52.0 Å². The van der Waals surface area contributed by atoms with E-state index in [0.29, 0.717) is 35.5 Å². The van der Waals surface area contributed by atoms with Gasteiger partial charge in [0, 0.05) is 23.4 Å². The quantitative estimate of drug-likeness (QED) is 0.375. The number of carbonyl (C=O) groups is 1. The number of ketones is 1. The summed E-state index contributed by atoms with van der Waals surface area (Å²) in [5.41, 5.74) is 9.88. The Labute approximate surface area is 218 Å². The van der Waals surface area contributed by atoms with Gasteiger partial charge in [-0.1, -0.05) is 59.5 Å². The molecule has 1 unspecified atom stereocenters. The van der Waals surface area contributed by atoms with Gasteiger partial charge in [0.2, 0.25) is 5.13 Å². The van der Waals surface area contributed by atoms with Crippen molar-refractivity contribution in [3.8, 4) is 6.07 Å². The molecule has 2 heterocycles. The second kappa shape index (κ2) is 9.93. The third-order valence-corrected chi connectivity index (χ3v) is 8.70. The number of hydrogen-bond acceptors (Lipinski definition) is 8. The van der Waals surface area contributed by atoms with Crippen LogP contribution in [0.1, 0.15) is 36.3 Å². The molecule has 0 saturated heterocycles. The van der Waals surface area contributed by atoms with Crippen LogP contribution in [0.5, 0.6) is 0 Å². The average molecular weight is 568 g/mol. The second-order valence-corrected chi connectivity index (χ2v) is 11.1. The Balaban J connectivity index is 1.55. The Morgan fingerprint density at radius 3 is 2.77 bits per heavy atom. The number of hydrogen-bond donors (Lipinski definition) is 1. The Bertz CT molecular complexity index is 1410. The highest BCUT2D eigenvalue weighted by Crippen LogP contribution is 2.47. The highest BCUT2D eigenvalue weighted by molar-refractivity contribution is 9.10. The number of nitrogens with zero attached hydrogens (tertiary/aromatic N) is 4. The molecule has 0 fully saturated rings. The summed E-state index contributed by atoms with van der Waals surface area (Å²) in [5.74, 6) is -0.138. The van der Waals surface area contributed by atoms with Gasteiger partial charge in [0.1, 0.15) is 11.6 Å². The van der Waals surface area contributed by atoms with Crippen LogP contribution >= 0.6 is 39.0 Å². The van der Waals surface area contributed by atoms with Crippen LogP contribution in [-0.2, 0) is 10.5 Å². The standard InChI is InChI=1S/C25H19BrFN5OS2/c26-17-11-15(9-10-18(17)27)21-16(12-28)23(29)32(19-7-4-8-20(33)22(19)21)24-30-31-25(35-24)34-13-14-5-2-1-3-6-14/h1-3,5-6,9-11,21H,4,7-8,13,29H2. The first-order chi connectivity index (χ1) is 17.0. The van der Waals surface area contributed by atoms with Crippen LogP contribution < -0.4 is 10.6 Å². The van der Waals surface area contributed by atoms with Crippen LogP contribution in [0.4, 0.5) is 9.52 Å². The van der Waals surface area contributed by atoms with Gasteiger partial charge in [-0.25, -0.2) is 4.39 Å². The van der Waals surface area contributed by atoms with Crippen molar-refractivity contribution in [3.05, 3.63) is 92.6 Å². The van der Waals surface area contributed by atoms with Gasteiger partial charge < -0.3 is 5.73 Å². The van der Waals surface area contributed by atoms with Crippen molar-refractivity contribution in [1.29, 1.82) is 5.26 Å². The maximum absolute atomic E-state index is 13.9. The first-order valence-corrected chi connectivity index (χ1v) is 13.5. The molecule has 1 aliphatic heterocycles. The highest BCUT2D eigenvalue weighted by Gasteiger charge is 2.41. The molecule has 35 heavy (non-hydrogen) atoms. The maximum Gasteiger partial charge on any atom is 0.219 e. The van der Waals surface area contributed by atoms with E-state index in [9.17, 15) is 14.4 Å². The Morgan fingerprint density at radius 1 is 1.23 bits per heavy atom. The molecule has 2 N–H and O–H groups in total. The highest BCUT2D eigenvalue weighted by atomic mass is 79.9. The van der Waals surface area contributed by atoms with Crippen LogP contribution in [0.15, 0.2) is 80.0 Å². The summed E-state index contributed by atoms with van der Waals surface area (Å²) in [6, 6.07) is 16.8. The van der Waals surface area contributed by atoms with E-state index in [4.69, 9.17) is 5.73 Å². The molecule has 176 valence electrons. The summed E-state index contributed by atoms with van der Waals surface area (Å²) in [5, 5.41) is 19.3. The van der Waals surface area contributed by atoms with E-state index in [2.05, 4.69) is 44.3 Å². The van der Waals surface area contributed by atoms with Crippen LogP contribution in [0, 0.1) is 17.1 Å². The number of Topliss-reactive ketones (excluding diaryl/α,β-unsaturated/α-hetero) is 1. The number of nitriles is 1. The molecule has 0 spiro atoms. The molecule has 1 atom stereocenters. The molecule has 3 aromatic rings. The van der Waals surface area contributed by atoms with Crippen LogP contribution in [-0.4, -0.2) is 16.0 Å². The monoisotopic (exact) mass is 567 g/mol. The lowest BCUT2D eigenvalue weighted by molar-refractivity contribution is -0.116. The van der Waals surface area contributed by atoms with E-state index in [1.54, 1.807) is 28.8 Å². The summed E-state index contributed by atoms with van der Waals surface area (Å²) in [4.78, 5) is 14.9. The molecule has 1 aromatic heterocycles. The summed E-state index contributed by atoms with van der Waals surface area (Å²) in [6.07, 6.45) is 1.68. The molecular weight excluding hydrogens is 549 g/mol. The smallest absolute Gasteiger partial charge is 0.219 e. The molecule has 5 rings (SSSR count). The number of anilines is 1. The van der Waals surface area contributed by atoms with Crippen LogP contribution in [0.25, 0.3) is 0 Å². The van der Waals surface area contributed by atoms with E-state index in [-0.39, 0.29) is 21.7 Å². The molecule has 0 saturated carbocycles. The van der Waals surface area contributed by atoms with Crippen molar-refractivity contribution >= 4 is 49.9 Å². The van der Waals surface area contributed by atoms with E-state index < -0.39 is 11.7 Å². The fraction of sp³-hybridized carbons (Fsp3) is 0.200. The SMILES string of the molecule is N#CC1=C(N)N(c2nnc(SCc3ccccc3)s2)C2=C(C(=O)CCC2)C1c1ccc(F)c(Br)c1. The minimum Gasteiger partial charge on any atom is -0.384 e. The number of carbonyl (C=O) groups excluding carboxylic acids is 1. The fourth-order valence-electron chi connectivity index (χ4n) is 4.40. The number of rotatable bonds is 5. The summed E-state index contributed by atoms with van der Waals surface area (Å²) < 4.78 is 15.0. The van der Waals surface area contributed by atoms with Gasteiger partial charge in [0.05, 0.1) is 22.0 Å². The van der Waals surface area contributed by atoms with Crippen LogP contribution in [0.2, 0.25) is 0 Å². The molecular formula is C25H19BrFN5OS2. The Hall–Kier alpha value is -3.00. The first kappa shape index (κ1) is 23.7. The lowest BCUT2D eigenvalue weighted by atomic mass is 9.76. The minimum atomic E-state index is -0.657. The molecule has 2 aromatic carbocycles. The van der Waals surface area contributed by atoms with Gasteiger partial charge in [-0.15, -0.1) is 10.2 Å². The summed E-state index contributed by atoms with van der Waals surface area (Å²) >= 11 is 6.16. The maximum atomic E-state index is 13.9. The molecule has 1 aliphatic carbocycles. The first-order valence-electron chi connectivity index (χ1n) is 10.9. The lowest BCUT2D eigenvalue weighted by Gasteiger charge is -2.38. The number of allylic oxidation sites excluding steroid dienone is 3. The van der Waals surface area contributed by atoms with E-state index >= 15 is 0 Å². The number of benzene rings is 2.